The van der Waals surface area contributed by atoms with Gasteiger partial charge in [-0.25, -0.2) is 8.78 Å². The lowest BCUT2D eigenvalue weighted by Gasteiger charge is -2.39. The summed E-state index contributed by atoms with van der Waals surface area (Å²) >= 11 is 6.26. The van der Waals surface area contributed by atoms with E-state index < -0.39 is 6.43 Å². The van der Waals surface area contributed by atoms with E-state index in [0.29, 0.717) is 60.3 Å². The van der Waals surface area contributed by atoms with Crippen LogP contribution in [0.15, 0.2) is 42.5 Å². The van der Waals surface area contributed by atoms with Crippen LogP contribution in [0.4, 0.5) is 31.8 Å². The summed E-state index contributed by atoms with van der Waals surface area (Å²) in [6.07, 6.45) is 13.6. The fraction of sp³-hybridized carbons (Fsp3) is 0.611. The van der Waals surface area contributed by atoms with Crippen molar-refractivity contribution < 1.29 is 23.0 Å². The number of nitrogens with zero attached hydrogens (tertiary/aromatic N) is 10. The molecule has 16 heteroatoms. The molecule has 0 atom stereocenters. The molecule has 0 bridgehead atoms. The summed E-state index contributed by atoms with van der Waals surface area (Å²) in [6.45, 7) is 11.0. The summed E-state index contributed by atoms with van der Waals surface area (Å²) in [4.78, 5) is 23.5. The van der Waals surface area contributed by atoms with Gasteiger partial charge in [-0.2, -0.15) is 10.4 Å². The second-order valence-electron chi connectivity index (χ2n) is 21.0. The second-order valence-corrected chi connectivity index (χ2v) is 21.4. The number of rotatable bonds is 8. The first-order chi connectivity index (χ1) is 34.0. The summed E-state index contributed by atoms with van der Waals surface area (Å²) in [7, 11) is 2.16. The van der Waals surface area contributed by atoms with Crippen LogP contribution < -0.4 is 19.4 Å². The van der Waals surface area contributed by atoms with Gasteiger partial charge in [0.15, 0.2) is 11.6 Å². The molecule has 0 N–H and O–H groups in total. The Balaban J connectivity index is 0.000000165. The number of benzene rings is 2. The fourth-order valence-corrected chi connectivity index (χ4v) is 12.6. The molecule has 5 fully saturated rings. The van der Waals surface area contributed by atoms with Gasteiger partial charge in [-0.3, -0.25) is 9.48 Å². The Labute approximate surface area is 417 Å². The second kappa shape index (κ2) is 21.4. The van der Waals surface area contributed by atoms with Crippen LogP contribution in [0, 0.1) is 16.7 Å². The zero-order valence-electron chi connectivity index (χ0n) is 41.1. The molecule has 2 aromatic carbocycles. The predicted octanol–water partition coefficient (Wildman–Crippen LogP) is 10.2. The van der Waals surface area contributed by atoms with Gasteiger partial charge in [-0.15, -0.1) is 10.2 Å². The summed E-state index contributed by atoms with van der Waals surface area (Å²) in [6, 6.07) is 16.1. The van der Waals surface area contributed by atoms with E-state index >= 15 is 0 Å². The highest BCUT2D eigenvalue weighted by molar-refractivity contribution is 6.32. The maximum atomic E-state index is 14.5. The van der Waals surface area contributed by atoms with Crippen molar-refractivity contribution in [2.45, 2.75) is 134 Å². The van der Waals surface area contributed by atoms with Crippen LogP contribution in [0.25, 0.3) is 0 Å². The predicted molar refractivity (Wildman–Crippen MR) is 269 cm³/mol. The largest absolute Gasteiger partial charge is 0.473 e. The summed E-state index contributed by atoms with van der Waals surface area (Å²) in [5.74, 6) is 2.64. The molecule has 0 unspecified atom stereocenters. The van der Waals surface area contributed by atoms with Gasteiger partial charge in [-0.1, -0.05) is 24.1 Å². The number of hydrogen-bond donors (Lipinski definition) is 0. The highest BCUT2D eigenvalue weighted by Gasteiger charge is 2.41. The van der Waals surface area contributed by atoms with Crippen LogP contribution >= 0.6 is 11.6 Å². The number of carbonyl (C=O) groups excluding carboxylic acids is 1. The first-order valence-corrected chi connectivity index (χ1v) is 26.5. The molecule has 0 radical (unpaired) electrons. The monoisotopic (exact) mass is 979 g/mol. The van der Waals surface area contributed by atoms with Gasteiger partial charge in [0.1, 0.15) is 12.2 Å². The number of halogens is 3. The zero-order chi connectivity index (χ0) is 48.4. The Kier molecular flexibility index (Phi) is 14.8. The van der Waals surface area contributed by atoms with Gasteiger partial charge >= 0.3 is 0 Å². The minimum atomic E-state index is -2.53. The molecule has 13 nitrogen and oxygen atoms in total. The molecular weight excluding hydrogens is 910 g/mol. The molecule has 1 amide bonds. The van der Waals surface area contributed by atoms with Crippen LogP contribution in [0.2, 0.25) is 5.02 Å². The summed E-state index contributed by atoms with van der Waals surface area (Å²) in [5.41, 5.74) is 7.23. The number of fused-ring (bicyclic) bond motifs is 2. The molecular formula is C54H69ClF2N10O3. The van der Waals surface area contributed by atoms with E-state index in [4.69, 9.17) is 31.4 Å². The lowest BCUT2D eigenvalue weighted by atomic mass is 9.78. The molecule has 4 aromatic rings. The first-order valence-electron chi connectivity index (χ1n) is 26.1. The van der Waals surface area contributed by atoms with Crippen molar-refractivity contribution in [2.75, 3.05) is 87.3 Å². The van der Waals surface area contributed by atoms with Crippen molar-refractivity contribution in [3.05, 3.63) is 81.0 Å². The van der Waals surface area contributed by atoms with Crippen molar-refractivity contribution in [1.82, 2.24) is 29.8 Å². The molecule has 7 aliphatic rings. The molecule has 2 aromatic heterocycles. The van der Waals surface area contributed by atoms with E-state index in [9.17, 15) is 13.6 Å². The summed E-state index contributed by atoms with van der Waals surface area (Å²) in [5, 5.41) is 23.7. The first kappa shape index (κ1) is 48.6. The average molecular weight is 980 g/mol. The zero-order valence-corrected chi connectivity index (χ0v) is 41.8. The Morgan fingerprint density at radius 1 is 0.871 bits per heavy atom. The standard InChI is InChI=1S/C29H39F2N5O2.C25H30ClN5O/c1-19(37)34-13-7-26-25(18-34)29(32-36(26)22-5-11-33(2)12-6-22)35-10-3-4-21-16-23(20-8-14-38-15-9-20)24(28(30)31)17-27(21)35;26-22-16-20(7-6-19(22)17-27)31-15-12-25(18-31)10-13-30(14-11-25)23-8-9-24(29-28-23)32-21-4-2-1-3-5-21/h16-17,20,22,28H,3-15,18H2,1-2H3;6-9,16,21H,1-5,10-15,18H2. The van der Waals surface area contributed by atoms with E-state index in [-0.39, 0.29) is 17.4 Å². The van der Waals surface area contributed by atoms with E-state index in [1.807, 2.05) is 29.2 Å². The molecule has 8 heterocycles. The van der Waals surface area contributed by atoms with Gasteiger partial charge in [0.2, 0.25) is 11.8 Å². The number of piperidine rings is 2. The third-order valence-corrected chi connectivity index (χ3v) is 16.9. The van der Waals surface area contributed by atoms with E-state index in [0.717, 1.165) is 156 Å². The normalized spacial score (nSPS) is 21.3. The molecule has 70 heavy (non-hydrogen) atoms. The molecule has 1 saturated carbocycles. The molecule has 6 aliphatic heterocycles. The third-order valence-electron chi connectivity index (χ3n) is 16.6. The Bertz CT molecular complexity index is 2510. The highest BCUT2D eigenvalue weighted by atomic mass is 35.5. The quantitative estimate of drug-likeness (QED) is 0.168. The van der Waals surface area contributed by atoms with Crippen LogP contribution in [0.5, 0.6) is 5.88 Å². The molecule has 1 aliphatic carbocycles. The third kappa shape index (κ3) is 10.5. The van der Waals surface area contributed by atoms with Crippen molar-refractivity contribution in [1.29, 1.82) is 5.26 Å². The van der Waals surface area contributed by atoms with Crippen molar-refractivity contribution >= 4 is 40.5 Å². The lowest BCUT2D eigenvalue weighted by Crippen LogP contribution is -2.42. The van der Waals surface area contributed by atoms with Crippen molar-refractivity contribution in [2.24, 2.45) is 5.41 Å². The maximum absolute atomic E-state index is 14.5. The topological polar surface area (TPSA) is 119 Å². The minimum Gasteiger partial charge on any atom is -0.473 e. The van der Waals surface area contributed by atoms with Gasteiger partial charge in [-0.05, 0) is 156 Å². The highest BCUT2D eigenvalue weighted by Crippen LogP contribution is 2.46. The van der Waals surface area contributed by atoms with Crippen LogP contribution in [0.3, 0.4) is 0 Å². The number of carbonyl (C=O) groups is 1. The Hall–Kier alpha value is -5.04. The number of likely N-dealkylation sites (tertiary alicyclic amines) is 1. The molecule has 374 valence electrons. The number of aryl methyl sites for hydroxylation is 1. The lowest BCUT2D eigenvalue weighted by molar-refractivity contribution is -0.129. The van der Waals surface area contributed by atoms with E-state index in [1.54, 1.807) is 13.0 Å². The van der Waals surface area contributed by atoms with E-state index in [2.05, 4.69) is 59.7 Å². The van der Waals surface area contributed by atoms with Gasteiger partial charge in [0, 0.05) is 100 Å². The number of ether oxygens (including phenoxy) is 2. The van der Waals surface area contributed by atoms with Crippen molar-refractivity contribution in [3.63, 3.8) is 0 Å². The van der Waals surface area contributed by atoms with Crippen LogP contribution in [0.1, 0.15) is 142 Å². The molecule has 1 spiro atoms. The van der Waals surface area contributed by atoms with E-state index in [1.165, 1.54) is 31.4 Å². The average Bonchev–Trinajstić information content (AvgIpc) is 3.98. The number of aromatic nitrogens is 4. The number of amides is 1. The number of nitriles is 1. The number of anilines is 4. The minimum absolute atomic E-state index is 0.0637. The van der Waals surface area contributed by atoms with Crippen LogP contribution in [-0.4, -0.2) is 114 Å². The Morgan fingerprint density at radius 3 is 2.31 bits per heavy atom. The number of hydrogen-bond acceptors (Lipinski definition) is 11. The molecule has 4 saturated heterocycles. The number of alkyl halides is 2. The summed E-state index contributed by atoms with van der Waals surface area (Å²) < 4.78 is 42.7. The van der Waals surface area contributed by atoms with Gasteiger partial charge in [0.25, 0.3) is 6.43 Å². The Morgan fingerprint density at radius 2 is 1.63 bits per heavy atom. The van der Waals surface area contributed by atoms with Gasteiger partial charge < -0.3 is 34.0 Å². The van der Waals surface area contributed by atoms with Crippen LogP contribution in [-0.2, 0) is 28.9 Å². The smallest absolute Gasteiger partial charge is 0.264 e. The molecule has 11 rings (SSSR count). The SMILES string of the molecule is CC(=O)N1CCc2c(c(N3CCCc4cc(C5CCOCC5)c(C(F)F)cc43)nn2C2CCN(C)CC2)C1.N#Cc1ccc(N2CCC3(CCN(c4ccc(OC5CCCCC5)nn4)CC3)C2)cc1Cl. The van der Waals surface area contributed by atoms with Gasteiger partial charge in [0.05, 0.1) is 23.2 Å². The fourth-order valence-electron chi connectivity index (χ4n) is 12.4. The van der Waals surface area contributed by atoms with Crippen molar-refractivity contribution in [3.8, 4) is 11.9 Å². The maximum Gasteiger partial charge on any atom is 0.264 e.